The first-order valence-electron chi connectivity index (χ1n) is 6.29. The Morgan fingerprint density at radius 1 is 0.909 bits per heavy atom. The lowest BCUT2D eigenvalue weighted by molar-refractivity contribution is 0.0518. The maximum absolute atomic E-state index is 12.1. The number of nitrogens with one attached hydrogen (secondary N) is 1. The third-order valence-electron chi connectivity index (χ3n) is 3.17. The highest BCUT2D eigenvalue weighted by Crippen LogP contribution is 2.23. The van der Waals surface area contributed by atoms with Gasteiger partial charge >= 0.3 is 0 Å². The van der Waals surface area contributed by atoms with E-state index in [9.17, 15) is 24.6 Å². The standard InChI is InChI=1S/C15H10N2O5/c18-9-5-8(6-10(19)7-9)13(20)16-17-14(21)11-3-1-2-4-12(11)15(17)22/h1-7,18-19H,(H,16,20). The van der Waals surface area contributed by atoms with E-state index < -0.39 is 17.7 Å². The highest BCUT2D eigenvalue weighted by molar-refractivity contribution is 6.22. The van der Waals surface area contributed by atoms with Gasteiger partial charge in [-0.15, -0.1) is 0 Å². The van der Waals surface area contributed by atoms with Crippen molar-refractivity contribution in [3.63, 3.8) is 0 Å². The fourth-order valence-electron chi connectivity index (χ4n) is 2.18. The largest absolute Gasteiger partial charge is 0.508 e. The quantitative estimate of drug-likeness (QED) is 0.718. The second kappa shape index (κ2) is 4.88. The van der Waals surface area contributed by atoms with Gasteiger partial charge in [-0.2, -0.15) is 5.01 Å². The molecule has 1 aliphatic heterocycles. The van der Waals surface area contributed by atoms with Crippen molar-refractivity contribution >= 4 is 17.7 Å². The Kier molecular flexibility index (Phi) is 3.03. The Hall–Kier alpha value is -3.35. The van der Waals surface area contributed by atoms with Crippen LogP contribution in [0.4, 0.5) is 0 Å². The maximum atomic E-state index is 12.1. The second-order valence-corrected chi connectivity index (χ2v) is 4.67. The predicted octanol–water partition coefficient (Wildman–Crippen LogP) is 1.04. The molecule has 1 heterocycles. The number of phenols is 2. The zero-order valence-electron chi connectivity index (χ0n) is 11.1. The summed E-state index contributed by atoms with van der Waals surface area (Å²) in [5, 5.41) is 19.3. The van der Waals surface area contributed by atoms with Crippen molar-refractivity contribution in [1.82, 2.24) is 10.4 Å². The molecule has 0 unspecified atom stereocenters. The number of amides is 3. The number of fused-ring (bicyclic) bond motifs is 1. The Bertz CT molecular complexity index is 760. The van der Waals surface area contributed by atoms with E-state index in [-0.39, 0.29) is 28.2 Å². The average Bonchev–Trinajstić information content (AvgIpc) is 2.72. The molecule has 7 heteroatoms. The van der Waals surface area contributed by atoms with Crippen molar-refractivity contribution in [3.05, 3.63) is 59.2 Å². The molecule has 3 N–H and O–H groups in total. The van der Waals surface area contributed by atoms with Crippen LogP contribution in [0.5, 0.6) is 11.5 Å². The third-order valence-corrected chi connectivity index (χ3v) is 3.17. The number of benzene rings is 2. The summed E-state index contributed by atoms with van der Waals surface area (Å²) >= 11 is 0. The number of phenolic OH excluding ortho intramolecular Hbond substituents is 2. The lowest BCUT2D eigenvalue weighted by Gasteiger charge is -2.15. The Balaban J connectivity index is 1.87. The van der Waals surface area contributed by atoms with Crippen molar-refractivity contribution in [2.24, 2.45) is 0 Å². The normalized spacial score (nSPS) is 13.2. The zero-order valence-corrected chi connectivity index (χ0v) is 11.1. The molecule has 7 nitrogen and oxygen atoms in total. The summed E-state index contributed by atoms with van der Waals surface area (Å²) in [6, 6.07) is 9.47. The number of hydrazine groups is 1. The van der Waals surface area contributed by atoms with Gasteiger partial charge in [0.2, 0.25) is 0 Å². The van der Waals surface area contributed by atoms with Crippen molar-refractivity contribution < 1.29 is 24.6 Å². The number of nitrogens with zero attached hydrogens (tertiary/aromatic N) is 1. The molecule has 110 valence electrons. The van der Waals surface area contributed by atoms with Gasteiger partial charge in [-0.1, -0.05) is 12.1 Å². The monoisotopic (exact) mass is 298 g/mol. The highest BCUT2D eigenvalue weighted by atomic mass is 16.3. The van der Waals surface area contributed by atoms with E-state index in [1.807, 2.05) is 0 Å². The van der Waals surface area contributed by atoms with Crippen LogP contribution in [-0.2, 0) is 0 Å². The van der Waals surface area contributed by atoms with E-state index in [1.54, 1.807) is 12.1 Å². The van der Waals surface area contributed by atoms with Crippen LogP contribution in [0.3, 0.4) is 0 Å². The summed E-state index contributed by atoms with van der Waals surface area (Å²) in [5.41, 5.74) is 2.48. The zero-order chi connectivity index (χ0) is 15.9. The molecular weight excluding hydrogens is 288 g/mol. The molecule has 3 amide bonds. The van der Waals surface area contributed by atoms with Crippen LogP contribution < -0.4 is 5.43 Å². The van der Waals surface area contributed by atoms with Crippen LogP contribution in [0.1, 0.15) is 31.1 Å². The van der Waals surface area contributed by atoms with Crippen molar-refractivity contribution in [2.75, 3.05) is 0 Å². The third kappa shape index (κ3) is 2.14. The summed E-state index contributed by atoms with van der Waals surface area (Å²) < 4.78 is 0. The van der Waals surface area contributed by atoms with E-state index in [0.29, 0.717) is 5.01 Å². The van der Waals surface area contributed by atoms with Crippen LogP contribution in [0.25, 0.3) is 0 Å². The first-order valence-corrected chi connectivity index (χ1v) is 6.29. The van der Waals surface area contributed by atoms with E-state index in [1.165, 1.54) is 12.1 Å². The number of aromatic hydroxyl groups is 2. The van der Waals surface area contributed by atoms with Gasteiger partial charge < -0.3 is 10.2 Å². The lowest BCUT2D eigenvalue weighted by atomic mass is 10.1. The van der Waals surface area contributed by atoms with E-state index in [2.05, 4.69) is 5.43 Å². The van der Waals surface area contributed by atoms with Gasteiger partial charge in [-0.3, -0.25) is 19.8 Å². The molecular formula is C15H10N2O5. The molecule has 0 saturated heterocycles. The molecule has 0 bridgehead atoms. The summed E-state index contributed by atoms with van der Waals surface area (Å²) in [5.74, 6) is -2.71. The number of hydrogen-bond donors (Lipinski definition) is 3. The van der Waals surface area contributed by atoms with E-state index >= 15 is 0 Å². The molecule has 22 heavy (non-hydrogen) atoms. The predicted molar refractivity (Wildman–Crippen MR) is 74.2 cm³/mol. The minimum absolute atomic E-state index is 0.0888. The Morgan fingerprint density at radius 3 is 1.91 bits per heavy atom. The minimum Gasteiger partial charge on any atom is -0.508 e. The van der Waals surface area contributed by atoms with Crippen LogP contribution in [-0.4, -0.2) is 32.9 Å². The maximum Gasteiger partial charge on any atom is 0.280 e. The van der Waals surface area contributed by atoms with Gasteiger partial charge in [0, 0.05) is 11.6 Å². The molecule has 3 rings (SSSR count). The first-order chi connectivity index (χ1) is 10.5. The minimum atomic E-state index is -0.805. The molecule has 0 fully saturated rings. The molecule has 2 aromatic carbocycles. The Labute approximate surface area is 124 Å². The number of carbonyl (C=O) groups is 3. The van der Waals surface area contributed by atoms with Gasteiger partial charge in [-0.05, 0) is 24.3 Å². The lowest BCUT2D eigenvalue weighted by Crippen LogP contribution is -2.45. The second-order valence-electron chi connectivity index (χ2n) is 4.67. The Morgan fingerprint density at radius 2 is 1.41 bits per heavy atom. The van der Waals surface area contributed by atoms with Crippen LogP contribution >= 0.6 is 0 Å². The van der Waals surface area contributed by atoms with Gasteiger partial charge in [0.05, 0.1) is 11.1 Å². The summed E-state index contributed by atoms with van der Waals surface area (Å²) in [4.78, 5) is 36.3. The summed E-state index contributed by atoms with van der Waals surface area (Å²) in [7, 11) is 0. The summed E-state index contributed by atoms with van der Waals surface area (Å²) in [6.07, 6.45) is 0. The van der Waals surface area contributed by atoms with E-state index in [0.717, 1.165) is 18.2 Å². The molecule has 2 aromatic rings. The number of hydrogen-bond acceptors (Lipinski definition) is 5. The number of rotatable bonds is 2. The molecule has 0 aromatic heterocycles. The fourth-order valence-corrected chi connectivity index (χ4v) is 2.18. The van der Waals surface area contributed by atoms with Crippen LogP contribution in [0.2, 0.25) is 0 Å². The fraction of sp³-hybridized carbons (Fsp3) is 0. The van der Waals surface area contributed by atoms with Gasteiger partial charge in [0.1, 0.15) is 11.5 Å². The van der Waals surface area contributed by atoms with Gasteiger partial charge in [0.25, 0.3) is 17.7 Å². The molecule has 0 aliphatic carbocycles. The number of carbonyl (C=O) groups excluding carboxylic acids is 3. The topological polar surface area (TPSA) is 107 Å². The first kappa shape index (κ1) is 13.6. The smallest absolute Gasteiger partial charge is 0.280 e. The molecule has 0 spiro atoms. The SMILES string of the molecule is O=C(NN1C(=O)c2ccccc2C1=O)c1cc(O)cc(O)c1. The molecule has 1 aliphatic rings. The average molecular weight is 298 g/mol. The van der Waals surface area contributed by atoms with Crippen molar-refractivity contribution in [3.8, 4) is 11.5 Å². The molecule has 0 radical (unpaired) electrons. The van der Waals surface area contributed by atoms with Crippen LogP contribution in [0.15, 0.2) is 42.5 Å². The van der Waals surface area contributed by atoms with Crippen molar-refractivity contribution in [1.29, 1.82) is 0 Å². The van der Waals surface area contributed by atoms with E-state index in [4.69, 9.17) is 0 Å². The molecule has 0 atom stereocenters. The summed E-state index contributed by atoms with van der Waals surface area (Å²) in [6.45, 7) is 0. The number of imide groups is 1. The highest BCUT2D eigenvalue weighted by Gasteiger charge is 2.36. The van der Waals surface area contributed by atoms with Crippen LogP contribution in [0, 0.1) is 0 Å². The molecule has 0 saturated carbocycles. The van der Waals surface area contributed by atoms with Gasteiger partial charge in [0.15, 0.2) is 0 Å². The van der Waals surface area contributed by atoms with Crippen molar-refractivity contribution in [2.45, 2.75) is 0 Å². The van der Waals surface area contributed by atoms with Gasteiger partial charge in [-0.25, -0.2) is 0 Å².